The van der Waals surface area contributed by atoms with Gasteiger partial charge in [-0.3, -0.25) is 4.90 Å². The molecule has 2 aromatic rings. The van der Waals surface area contributed by atoms with Crippen LogP contribution in [0.15, 0.2) is 24.3 Å². The molecule has 3 heterocycles. The van der Waals surface area contributed by atoms with Gasteiger partial charge in [0.2, 0.25) is 0 Å². The van der Waals surface area contributed by atoms with Crippen molar-refractivity contribution in [2.45, 2.75) is 58.2 Å². The second-order valence-electron chi connectivity index (χ2n) is 8.74. The Kier molecular flexibility index (Phi) is 4.85. The highest BCUT2D eigenvalue weighted by atomic mass is 19.1. The van der Waals surface area contributed by atoms with Gasteiger partial charge in [0, 0.05) is 36.7 Å². The second-order valence-corrected chi connectivity index (χ2v) is 8.74. The predicted molar refractivity (Wildman–Crippen MR) is 106 cm³/mol. The first kappa shape index (κ1) is 18.6. The summed E-state index contributed by atoms with van der Waals surface area (Å²) in [6, 6.07) is 7.57. The first-order valence-corrected chi connectivity index (χ1v) is 10.1. The van der Waals surface area contributed by atoms with Crippen LogP contribution in [0.4, 0.5) is 4.39 Å². The molecular weight excluding hydrogens is 339 g/mol. The molecule has 0 atom stereocenters. The molecule has 0 radical (unpaired) electrons. The van der Waals surface area contributed by atoms with Crippen LogP contribution in [-0.2, 0) is 18.5 Å². The van der Waals surface area contributed by atoms with Crippen LogP contribution < -0.4 is 0 Å². The molecule has 0 bridgehead atoms. The van der Waals surface area contributed by atoms with Gasteiger partial charge in [0.05, 0.1) is 11.4 Å². The Balaban J connectivity index is 1.73. The van der Waals surface area contributed by atoms with E-state index in [1.807, 2.05) is 12.1 Å². The number of hydrogen-bond donors (Lipinski definition) is 0. The lowest BCUT2D eigenvalue weighted by Gasteiger charge is -2.46. The highest BCUT2D eigenvalue weighted by molar-refractivity contribution is 5.32. The maximum atomic E-state index is 14.3. The summed E-state index contributed by atoms with van der Waals surface area (Å²) in [4.78, 5) is 9.92. The Morgan fingerprint density at radius 1 is 1.19 bits per heavy atom. The molecule has 0 N–H and O–H groups in total. The van der Waals surface area contributed by atoms with Gasteiger partial charge < -0.3 is 9.47 Å². The molecule has 0 amide bonds. The molecule has 2 aliphatic heterocycles. The van der Waals surface area contributed by atoms with Crippen molar-refractivity contribution in [1.29, 1.82) is 0 Å². The monoisotopic (exact) mass is 370 g/mol. The minimum atomic E-state index is -0.103. The van der Waals surface area contributed by atoms with Crippen LogP contribution in [0.3, 0.4) is 0 Å². The summed E-state index contributed by atoms with van der Waals surface area (Å²) in [6.45, 7) is 11.3. The fourth-order valence-electron chi connectivity index (χ4n) is 5.04. The average Bonchev–Trinajstić information content (AvgIpc) is 2.97. The smallest absolute Gasteiger partial charge is 0.127 e. The Morgan fingerprint density at radius 3 is 2.56 bits per heavy atom. The predicted octanol–water partition coefficient (Wildman–Crippen LogP) is 3.89. The summed E-state index contributed by atoms with van der Waals surface area (Å²) in [6.07, 6.45) is 2.25. The normalized spacial score (nSPS) is 20.4. The molecule has 2 aliphatic rings. The van der Waals surface area contributed by atoms with Crippen molar-refractivity contribution in [2.24, 2.45) is 0 Å². The van der Waals surface area contributed by atoms with Crippen molar-refractivity contribution in [1.82, 2.24) is 19.4 Å². The maximum Gasteiger partial charge on any atom is 0.127 e. The van der Waals surface area contributed by atoms with Crippen LogP contribution in [0.1, 0.15) is 55.5 Å². The third-order valence-corrected chi connectivity index (χ3v) is 6.40. The number of likely N-dealkylation sites (tertiary alicyclic amines) is 1. The Bertz CT molecular complexity index is 818. The summed E-state index contributed by atoms with van der Waals surface area (Å²) in [5, 5.41) is 0. The maximum absolute atomic E-state index is 14.3. The summed E-state index contributed by atoms with van der Waals surface area (Å²) in [5.41, 5.74) is 3.54. The van der Waals surface area contributed by atoms with Crippen LogP contribution in [0.5, 0.6) is 0 Å². The van der Waals surface area contributed by atoms with Gasteiger partial charge >= 0.3 is 0 Å². The van der Waals surface area contributed by atoms with Crippen molar-refractivity contribution in [3.63, 3.8) is 0 Å². The molecule has 0 aliphatic carbocycles. The zero-order valence-electron chi connectivity index (χ0n) is 17.0. The van der Waals surface area contributed by atoms with Crippen LogP contribution in [0.2, 0.25) is 0 Å². The zero-order valence-corrected chi connectivity index (χ0v) is 17.0. The van der Waals surface area contributed by atoms with Crippen molar-refractivity contribution < 1.29 is 4.39 Å². The van der Waals surface area contributed by atoms with Gasteiger partial charge in [0.1, 0.15) is 11.6 Å². The van der Waals surface area contributed by atoms with E-state index in [0.717, 1.165) is 50.4 Å². The molecule has 1 spiro atoms. The molecule has 1 saturated heterocycles. The second kappa shape index (κ2) is 7.02. The molecule has 27 heavy (non-hydrogen) atoms. The molecule has 146 valence electrons. The Labute approximate surface area is 162 Å². The molecule has 1 aromatic carbocycles. The average molecular weight is 371 g/mol. The highest BCUT2D eigenvalue weighted by Crippen LogP contribution is 2.42. The number of fused-ring (bicyclic) bond motifs is 2. The van der Waals surface area contributed by atoms with Crippen molar-refractivity contribution >= 4 is 0 Å². The molecule has 0 saturated carbocycles. The number of aryl methyl sites for hydroxylation is 1. The van der Waals surface area contributed by atoms with Gasteiger partial charge in [-0.25, -0.2) is 9.37 Å². The van der Waals surface area contributed by atoms with Gasteiger partial charge in [0.15, 0.2) is 0 Å². The minimum absolute atomic E-state index is 0.0935. The number of piperidine rings is 1. The number of nitrogens with zero attached hydrogens (tertiary/aromatic N) is 4. The van der Waals surface area contributed by atoms with Crippen LogP contribution in [0.25, 0.3) is 0 Å². The van der Waals surface area contributed by atoms with Gasteiger partial charge in [0.25, 0.3) is 0 Å². The number of rotatable bonds is 3. The first-order chi connectivity index (χ1) is 12.9. The van der Waals surface area contributed by atoms with Crippen molar-refractivity contribution in [3.05, 3.63) is 52.9 Å². The van der Waals surface area contributed by atoms with Gasteiger partial charge in [-0.15, -0.1) is 0 Å². The van der Waals surface area contributed by atoms with Gasteiger partial charge in [-0.1, -0.05) is 18.2 Å². The van der Waals surface area contributed by atoms with E-state index < -0.39 is 0 Å². The van der Waals surface area contributed by atoms with Crippen LogP contribution >= 0.6 is 0 Å². The third kappa shape index (κ3) is 3.32. The first-order valence-electron chi connectivity index (χ1n) is 10.1. The SMILES string of the molecule is Cc1nc2c(n1C(C)C)CN(Cc1ccccc1F)CC21CCN(C)CC1. The van der Waals surface area contributed by atoms with Gasteiger partial charge in [-0.2, -0.15) is 0 Å². The molecular formula is C22H31FN4. The quantitative estimate of drug-likeness (QED) is 0.819. The zero-order chi connectivity index (χ0) is 19.2. The lowest BCUT2D eigenvalue weighted by molar-refractivity contribution is 0.0988. The van der Waals surface area contributed by atoms with Crippen LogP contribution in [0, 0.1) is 12.7 Å². The lowest BCUT2D eigenvalue weighted by Crippen LogP contribution is -2.51. The van der Waals surface area contributed by atoms with E-state index in [-0.39, 0.29) is 11.2 Å². The standard InChI is InChI=1S/C22H31FN4/c1-16(2)27-17(3)24-21-20(27)14-26(13-18-7-5-6-8-19(18)23)15-22(21)9-11-25(4)12-10-22/h5-8,16H,9-15H2,1-4H3. The van der Waals surface area contributed by atoms with E-state index in [9.17, 15) is 4.39 Å². The third-order valence-electron chi connectivity index (χ3n) is 6.40. The fraction of sp³-hybridized carbons (Fsp3) is 0.591. The van der Waals surface area contributed by atoms with E-state index in [0.29, 0.717) is 12.6 Å². The molecule has 4 nitrogen and oxygen atoms in total. The molecule has 1 fully saturated rings. The molecule has 0 unspecified atom stereocenters. The highest BCUT2D eigenvalue weighted by Gasteiger charge is 2.45. The van der Waals surface area contributed by atoms with E-state index in [4.69, 9.17) is 4.98 Å². The van der Waals surface area contributed by atoms with E-state index >= 15 is 0 Å². The lowest BCUT2D eigenvalue weighted by atomic mass is 9.72. The van der Waals surface area contributed by atoms with Crippen molar-refractivity contribution in [2.75, 3.05) is 26.7 Å². The Hall–Kier alpha value is -1.72. The van der Waals surface area contributed by atoms with E-state index in [1.165, 1.54) is 11.4 Å². The topological polar surface area (TPSA) is 24.3 Å². The summed E-state index contributed by atoms with van der Waals surface area (Å²) in [7, 11) is 2.20. The molecule has 5 heteroatoms. The van der Waals surface area contributed by atoms with Gasteiger partial charge in [-0.05, 0) is 59.8 Å². The largest absolute Gasteiger partial charge is 0.328 e. The van der Waals surface area contributed by atoms with Crippen molar-refractivity contribution in [3.8, 4) is 0 Å². The minimum Gasteiger partial charge on any atom is -0.328 e. The summed E-state index contributed by atoms with van der Waals surface area (Å²) < 4.78 is 16.7. The molecule has 1 aromatic heterocycles. The number of halogens is 1. The van der Waals surface area contributed by atoms with E-state index in [2.05, 4.69) is 42.2 Å². The summed E-state index contributed by atoms with van der Waals surface area (Å²) in [5.74, 6) is 1.01. The number of benzene rings is 1. The summed E-state index contributed by atoms with van der Waals surface area (Å²) >= 11 is 0. The number of hydrogen-bond acceptors (Lipinski definition) is 3. The van der Waals surface area contributed by atoms with Crippen LogP contribution in [-0.4, -0.2) is 46.0 Å². The fourth-order valence-corrected chi connectivity index (χ4v) is 5.04. The molecule has 4 rings (SSSR count). The number of imidazole rings is 1. The number of aromatic nitrogens is 2. The van der Waals surface area contributed by atoms with E-state index in [1.54, 1.807) is 12.1 Å². The Morgan fingerprint density at radius 2 is 1.89 bits per heavy atom.